The van der Waals surface area contributed by atoms with Crippen molar-refractivity contribution in [2.45, 2.75) is 38.3 Å². The van der Waals surface area contributed by atoms with E-state index in [-0.39, 0.29) is 24.5 Å². The Balaban J connectivity index is 1.92. The number of carbonyl (C=O) groups excluding carboxylic acids is 1. The summed E-state index contributed by atoms with van der Waals surface area (Å²) < 4.78 is 16.0. The summed E-state index contributed by atoms with van der Waals surface area (Å²) in [5.74, 6) is -0.368. The fourth-order valence-corrected chi connectivity index (χ4v) is 1.66. The van der Waals surface area contributed by atoms with Gasteiger partial charge < -0.3 is 14.2 Å². The number of hydrogen-bond donors (Lipinski definition) is 0. The Morgan fingerprint density at radius 2 is 2.29 bits per heavy atom. The lowest BCUT2D eigenvalue weighted by Crippen LogP contribution is -2.36. The van der Waals surface area contributed by atoms with Crippen LogP contribution < -0.4 is 0 Å². The molecule has 2 bridgehead atoms. The van der Waals surface area contributed by atoms with E-state index < -0.39 is 0 Å². The molecule has 2 fully saturated rings. The van der Waals surface area contributed by atoms with Crippen LogP contribution >= 0.6 is 0 Å². The van der Waals surface area contributed by atoms with Crippen LogP contribution in [-0.4, -0.2) is 31.1 Å². The van der Waals surface area contributed by atoms with Crippen LogP contribution in [0.2, 0.25) is 0 Å². The Morgan fingerprint density at radius 3 is 3.00 bits per heavy atom. The minimum Gasteiger partial charge on any atom is -0.454 e. The van der Waals surface area contributed by atoms with Crippen LogP contribution in [0.5, 0.6) is 0 Å². The summed E-state index contributed by atoms with van der Waals surface area (Å²) in [6.45, 7) is 5.77. The zero-order chi connectivity index (χ0) is 10.1. The average Bonchev–Trinajstić information content (AvgIpc) is 2.53. The molecule has 78 valence electrons. The van der Waals surface area contributed by atoms with Crippen LogP contribution in [0.1, 0.15) is 19.8 Å². The summed E-state index contributed by atoms with van der Waals surface area (Å²) in [6.07, 6.45) is 1.27. The molecule has 4 nitrogen and oxygen atoms in total. The van der Waals surface area contributed by atoms with Gasteiger partial charge in [0.2, 0.25) is 0 Å². The van der Waals surface area contributed by atoms with Crippen LogP contribution in [0, 0.1) is 0 Å². The first-order valence-electron chi connectivity index (χ1n) is 4.80. The van der Waals surface area contributed by atoms with Crippen LogP contribution in [0.4, 0.5) is 0 Å². The highest BCUT2D eigenvalue weighted by atomic mass is 16.7. The topological polar surface area (TPSA) is 44.8 Å². The van der Waals surface area contributed by atoms with Gasteiger partial charge in [0, 0.05) is 5.57 Å². The molecule has 0 aliphatic carbocycles. The molecule has 2 aliphatic heterocycles. The third kappa shape index (κ3) is 1.81. The molecule has 0 aromatic heterocycles. The maximum Gasteiger partial charge on any atom is 0.333 e. The van der Waals surface area contributed by atoms with Crippen molar-refractivity contribution in [3.8, 4) is 0 Å². The van der Waals surface area contributed by atoms with Gasteiger partial charge in [-0.15, -0.1) is 0 Å². The lowest BCUT2D eigenvalue weighted by atomic mass is 10.1. The van der Waals surface area contributed by atoms with E-state index in [9.17, 15) is 4.79 Å². The molecule has 4 heteroatoms. The molecule has 0 saturated carbocycles. The summed E-state index contributed by atoms with van der Waals surface area (Å²) in [5.41, 5.74) is 0.408. The quantitative estimate of drug-likeness (QED) is 0.490. The van der Waals surface area contributed by atoms with E-state index >= 15 is 0 Å². The Labute approximate surface area is 82.8 Å². The first-order valence-corrected chi connectivity index (χ1v) is 4.80. The van der Waals surface area contributed by atoms with Crippen LogP contribution in [0.15, 0.2) is 12.2 Å². The van der Waals surface area contributed by atoms with Crippen molar-refractivity contribution in [1.82, 2.24) is 0 Å². The SMILES string of the molecule is C=C(C)C(=O)OC1CCC2COC1O2. The third-order valence-electron chi connectivity index (χ3n) is 2.46. The zero-order valence-electron chi connectivity index (χ0n) is 8.19. The summed E-state index contributed by atoms with van der Waals surface area (Å²) in [6, 6.07) is 0. The maximum atomic E-state index is 11.3. The van der Waals surface area contributed by atoms with Gasteiger partial charge in [-0.2, -0.15) is 0 Å². The van der Waals surface area contributed by atoms with E-state index in [1.54, 1.807) is 6.92 Å². The standard InChI is InChI=1S/C10H14O4/c1-6(2)9(11)14-8-4-3-7-5-12-10(8)13-7/h7-8,10H,1,3-5H2,2H3. The van der Waals surface area contributed by atoms with Crippen molar-refractivity contribution in [2.24, 2.45) is 0 Å². The Morgan fingerprint density at radius 1 is 1.50 bits per heavy atom. The van der Waals surface area contributed by atoms with Gasteiger partial charge in [0.1, 0.15) is 0 Å². The number of esters is 1. The van der Waals surface area contributed by atoms with E-state index in [0.717, 1.165) is 12.8 Å². The van der Waals surface area contributed by atoms with Crippen LogP contribution in [0.25, 0.3) is 0 Å². The fraction of sp³-hybridized carbons (Fsp3) is 0.700. The Bertz CT molecular complexity index is 261. The minimum absolute atomic E-state index is 0.194. The number of carbonyl (C=O) groups is 1. The molecule has 0 radical (unpaired) electrons. The maximum absolute atomic E-state index is 11.3. The molecule has 2 saturated heterocycles. The summed E-state index contributed by atoms with van der Waals surface area (Å²) in [7, 11) is 0. The van der Waals surface area contributed by atoms with Crippen LogP contribution in [-0.2, 0) is 19.0 Å². The minimum atomic E-state index is -0.368. The van der Waals surface area contributed by atoms with Crippen molar-refractivity contribution in [1.29, 1.82) is 0 Å². The second kappa shape index (κ2) is 3.71. The van der Waals surface area contributed by atoms with Crippen molar-refractivity contribution in [3.05, 3.63) is 12.2 Å². The molecule has 0 spiro atoms. The highest BCUT2D eigenvalue weighted by Gasteiger charge is 2.39. The Hall–Kier alpha value is -0.870. The van der Waals surface area contributed by atoms with Crippen molar-refractivity contribution in [3.63, 3.8) is 0 Å². The fourth-order valence-electron chi connectivity index (χ4n) is 1.66. The molecule has 14 heavy (non-hydrogen) atoms. The van der Waals surface area contributed by atoms with Gasteiger partial charge in [-0.05, 0) is 19.8 Å². The molecule has 3 unspecified atom stereocenters. The largest absolute Gasteiger partial charge is 0.454 e. The normalized spacial score (nSPS) is 35.4. The van der Waals surface area contributed by atoms with Crippen molar-refractivity contribution >= 4 is 5.97 Å². The molecule has 0 amide bonds. The van der Waals surface area contributed by atoms with E-state index in [1.165, 1.54) is 0 Å². The number of hydrogen-bond acceptors (Lipinski definition) is 4. The Kier molecular flexibility index (Phi) is 2.56. The second-order valence-electron chi connectivity index (χ2n) is 3.76. The molecule has 0 N–H and O–H groups in total. The van der Waals surface area contributed by atoms with Gasteiger partial charge in [0.25, 0.3) is 0 Å². The van der Waals surface area contributed by atoms with E-state index in [2.05, 4.69) is 6.58 Å². The molecular formula is C10H14O4. The number of ether oxygens (including phenoxy) is 3. The highest BCUT2D eigenvalue weighted by molar-refractivity contribution is 5.87. The molecule has 3 atom stereocenters. The van der Waals surface area contributed by atoms with E-state index in [0.29, 0.717) is 12.2 Å². The highest BCUT2D eigenvalue weighted by Crippen LogP contribution is 2.29. The molecular weight excluding hydrogens is 184 g/mol. The van der Waals surface area contributed by atoms with E-state index in [4.69, 9.17) is 14.2 Å². The number of rotatable bonds is 2. The molecule has 0 aromatic rings. The summed E-state index contributed by atoms with van der Waals surface area (Å²) >= 11 is 0. The second-order valence-corrected chi connectivity index (χ2v) is 3.76. The lowest BCUT2D eigenvalue weighted by molar-refractivity contribution is -0.184. The first kappa shape index (κ1) is 9.68. The first-order chi connectivity index (χ1) is 6.66. The zero-order valence-corrected chi connectivity index (χ0v) is 8.19. The van der Waals surface area contributed by atoms with Crippen LogP contribution in [0.3, 0.4) is 0 Å². The predicted octanol–water partition coefficient (Wildman–Crippen LogP) is 1.01. The molecule has 0 aromatic carbocycles. The molecule has 2 rings (SSSR count). The molecule has 2 heterocycles. The summed E-state index contributed by atoms with van der Waals surface area (Å²) in [4.78, 5) is 11.3. The molecule has 2 aliphatic rings. The van der Waals surface area contributed by atoms with Gasteiger partial charge in [0.05, 0.1) is 12.7 Å². The lowest BCUT2D eigenvalue weighted by Gasteiger charge is -2.26. The van der Waals surface area contributed by atoms with Gasteiger partial charge >= 0.3 is 5.97 Å². The third-order valence-corrected chi connectivity index (χ3v) is 2.46. The van der Waals surface area contributed by atoms with Crippen molar-refractivity contribution < 1.29 is 19.0 Å². The van der Waals surface area contributed by atoms with Crippen molar-refractivity contribution in [2.75, 3.05) is 6.61 Å². The van der Waals surface area contributed by atoms with Gasteiger partial charge in [0.15, 0.2) is 12.4 Å². The van der Waals surface area contributed by atoms with Gasteiger partial charge in [-0.1, -0.05) is 6.58 Å². The average molecular weight is 198 g/mol. The smallest absolute Gasteiger partial charge is 0.333 e. The summed E-state index contributed by atoms with van der Waals surface area (Å²) in [5, 5.41) is 0. The van der Waals surface area contributed by atoms with Gasteiger partial charge in [-0.25, -0.2) is 4.79 Å². The monoisotopic (exact) mass is 198 g/mol. The van der Waals surface area contributed by atoms with E-state index in [1.807, 2.05) is 0 Å². The number of fused-ring (bicyclic) bond motifs is 2. The predicted molar refractivity (Wildman–Crippen MR) is 48.5 cm³/mol. The van der Waals surface area contributed by atoms with Gasteiger partial charge in [-0.3, -0.25) is 0 Å².